The summed E-state index contributed by atoms with van der Waals surface area (Å²) in [5.74, 6) is -2.93. The van der Waals surface area contributed by atoms with E-state index >= 15 is 0 Å². The molecule has 1 aliphatic heterocycles. The summed E-state index contributed by atoms with van der Waals surface area (Å²) in [4.78, 5) is 86.4. The number of hydrogen-bond donors (Lipinski definition) is 1. The Bertz CT molecular complexity index is 1780. The Morgan fingerprint density at radius 2 is 1.35 bits per heavy atom. The van der Waals surface area contributed by atoms with E-state index < -0.39 is 66.2 Å². The summed E-state index contributed by atoms with van der Waals surface area (Å²) in [5, 5.41) is 2.91. The molecule has 4 atom stereocenters. The number of likely N-dealkylation sites (tertiary alicyclic amines) is 1. The first kappa shape index (κ1) is 42.2. The van der Waals surface area contributed by atoms with Gasteiger partial charge in [-0.2, -0.15) is 0 Å². The number of ether oxygens (including phenoxy) is 2. The van der Waals surface area contributed by atoms with Crippen molar-refractivity contribution >= 4 is 35.6 Å². The Kier molecular flexibility index (Phi) is 14.7. The van der Waals surface area contributed by atoms with Crippen LogP contribution in [0.4, 0.5) is 4.79 Å². The summed E-state index contributed by atoms with van der Waals surface area (Å²) in [6.07, 6.45) is 0.434. The number of ketones is 1. The fourth-order valence-corrected chi connectivity index (χ4v) is 6.71. The normalized spacial score (nSPS) is 15.7. The molecule has 3 aromatic carbocycles. The predicted molar refractivity (Wildman–Crippen MR) is 208 cm³/mol. The van der Waals surface area contributed by atoms with Gasteiger partial charge in [-0.05, 0) is 50.7 Å². The second-order valence-electron chi connectivity index (χ2n) is 15.3. The summed E-state index contributed by atoms with van der Waals surface area (Å²) >= 11 is 0. The highest BCUT2D eigenvalue weighted by Crippen LogP contribution is 2.24. The van der Waals surface area contributed by atoms with Gasteiger partial charge >= 0.3 is 12.1 Å². The van der Waals surface area contributed by atoms with Gasteiger partial charge in [0.2, 0.25) is 17.7 Å². The molecule has 1 N–H and O–H groups in total. The Hall–Kier alpha value is -5.52. The topological polar surface area (TPSA) is 143 Å². The van der Waals surface area contributed by atoms with Crippen molar-refractivity contribution in [1.29, 1.82) is 0 Å². The van der Waals surface area contributed by atoms with Crippen LogP contribution in [0.3, 0.4) is 0 Å². The zero-order valence-corrected chi connectivity index (χ0v) is 32.9. The summed E-state index contributed by atoms with van der Waals surface area (Å²) in [7, 11) is 3.01. The zero-order chi connectivity index (χ0) is 40.3. The molecule has 0 saturated carbocycles. The van der Waals surface area contributed by atoms with E-state index in [0.717, 1.165) is 11.1 Å². The largest absolute Gasteiger partial charge is 0.456 e. The van der Waals surface area contributed by atoms with Gasteiger partial charge in [-0.1, -0.05) is 105 Å². The maximum atomic E-state index is 14.7. The molecule has 1 heterocycles. The first-order valence-electron chi connectivity index (χ1n) is 18.7. The maximum Gasteiger partial charge on any atom is 0.410 e. The lowest BCUT2D eigenvalue weighted by Gasteiger charge is -2.36. The molecule has 0 aliphatic carbocycles. The molecule has 1 aliphatic rings. The fourth-order valence-electron chi connectivity index (χ4n) is 6.71. The Morgan fingerprint density at radius 1 is 0.800 bits per heavy atom. The zero-order valence-electron chi connectivity index (χ0n) is 32.9. The van der Waals surface area contributed by atoms with Crippen molar-refractivity contribution in [2.45, 2.75) is 90.1 Å². The molecule has 0 radical (unpaired) electrons. The van der Waals surface area contributed by atoms with Crippen LogP contribution in [0.1, 0.15) is 68.9 Å². The first-order valence-corrected chi connectivity index (χ1v) is 18.7. The monoisotopic (exact) mass is 754 g/mol. The number of amides is 4. The molecule has 0 bridgehead atoms. The van der Waals surface area contributed by atoms with Crippen LogP contribution in [0, 0.1) is 5.92 Å². The van der Waals surface area contributed by atoms with Crippen LogP contribution in [-0.4, -0.2) is 107 Å². The third-order valence-electron chi connectivity index (χ3n) is 9.52. The van der Waals surface area contributed by atoms with Crippen LogP contribution in [0.2, 0.25) is 0 Å². The first-order chi connectivity index (χ1) is 26.1. The van der Waals surface area contributed by atoms with E-state index in [0.29, 0.717) is 18.4 Å². The number of carbonyl (C=O) groups excluding carboxylic acids is 6. The lowest BCUT2D eigenvalue weighted by Crippen LogP contribution is -2.60. The van der Waals surface area contributed by atoms with Crippen LogP contribution >= 0.6 is 0 Å². The Balaban J connectivity index is 1.61. The van der Waals surface area contributed by atoms with Crippen LogP contribution in [0.25, 0.3) is 0 Å². The SMILES string of the molecule is CC(C)[C@@H](C(=O)N[C@@H](Cc1ccccc1)C(=O)N(C)[C@@H](Cc1ccccc1)C(=O)N1CCC[C@H]1C(=O)OCC(=O)c1ccccc1)N(C)C(=O)OC(C)(C)C. The van der Waals surface area contributed by atoms with Gasteiger partial charge in [-0.25, -0.2) is 9.59 Å². The molecule has 1 fully saturated rings. The molecule has 4 amide bonds. The van der Waals surface area contributed by atoms with Gasteiger partial charge in [0, 0.05) is 39.0 Å². The molecule has 0 spiro atoms. The molecule has 0 unspecified atom stereocenters. The second kappa shape index (κ2) is 19.2. The average Bonchev–Trinajstić information content (AvgIpc) is 3.65. The van der Waals surface area contributed by atoms with Crippen molar-refractivity contribution in [3.8, 4) is 0 Å². The van der Waals surface area contributed by atoms with Crippen molar-refractivity contribution in [3.05, 3.63) is 108 Å². The molecule has 55 heavy (non-hydrogen) atoms. The van der Waals surface area contributed by atoms with E-state index in [1.54, 1.807) is 65.0 Å². The number of rotatable bonds is 15. The highest BCUT2D eigenvalue weighted by atomic mass is 16.6. The standard InChI is InChI=1S/C43H54N4O8/c1-29(2)37(46(7)42(53)55-43(3,4)5)38(49)44-33(26-30-18-11-8-12-19-30)39(50)45(6)35(27-31-20-13-9-14-21-31)40(51)47-25-17-24-34(47)41(52)54-28-36(48)32-22-15-10-16-23-32/h8-16,18-23,29,33-35,37H,17,24-28H2,1-7H3,(H,44,49)/t33-,34-,35-,37-/m0/s1. The third kappa shape index (κ3) is 11.7. The smallest absolute Gasteiger partial charge is 0.410 e. The summed E-state index contributed by atoms with van der Waals surface area (Å²) in [6.45, 7) is 8.61. The minimum absolute atomic E-state index is 0.108. The van der Waals surface area contributed by atoms with Gasteiger partial charge in [-0.15, -0.1) is 0 Å². The maximum absolute atomic E-state index is 14.7. The molecule has 1 saturated heterocycles. The summed E-state index contributed by atoms with van der Waals surface area (Å²) in [5.41, 5.74) is 1.18. The van der Waals surface area contributed by atoms with E-state index in [1.165, 1.54) is 28.8 Å². The van der Waals surface area contributed by atoms with Crippen LogP contribution < -0.4 is 5.32 Å². The lowest BCUT2D eigenvalue weighted by molar-refractivity contribution is -0.155. The van der Waals surface area contributed by atoms with E-state index in [9.17, 15) is 28.8 Å². The van der Waals surface area contributed by atoms with Crippen LogP contribution in [0.15, 0.2) is 91.0 Å². The van der Waals surface area contributed by atoms with Gasteiger partial charge in [0.1, 0.15) is 29.8 Å². The molecule has 12 nitrogen and oxygen atoms in total. The lowest BCUT2D eigenvalue weighted by atomic mass is 9.98. The number of Topliss-reactive ketones (excluding diaryl/α,β-unsaturated/α-hetero) is 1. The van der Waals surface area contributed by atoms with Gasteiger partial charge in [-0.3, -0.25) is 24.1 Å². The second-order valence-corrected chi connectivity index (χ2v) is 15.3. The number of esters is 1. The summed E-state index contributed by atoms with van der Waals surface area (Å²) < 4.78 is 11.0. The highest BCUT2D eigenvalue weighted by molar-refractivity contribution is 5.99. The molecular formula is C43H54N4O8. The molecule has 294 valence electrons. The van der Waals surface area contributed by atoms with Crippen molar-refractivity contribution in [2.24, 2.45) is 5.92 Å². The Labute approximate surface area is 324 Å². The van der Waals surface area contributed by atoms with Crippen LogP contribution in [-0.2, 0) is 41.5 Å². The van der Waals surface area contributed by atoms with Crippen molar-refractivity contribution < 1.29 is 38.2 Å². The number of benzene rings is 3. The number of hydrogen-bond acceptors (Lipinski definition) is 8. The van der Waals surface area contributed by atoms with E-state index in [1.807, 2.05) is 60.7 Å². The predicted octanol–water partition coefficient (Wildman–Crippen LogP) is 5.09. The quantitative estimate of drug-likeness (QED) is 0.167. The van der Waals surface area contributed by atoms with Gasteiger partial charge in [0.25, 0.3) is 0 Å². The minimum atomic E-state index is -1.12. The molecule has 3 aromatic rings. The van der Waals surface area contributed by atoms with E-state index in [-0.39, 0.29) is 31.1 Å². The third-order valence-corrected chi connectivity index (χ3v) is 9.52. The van der Waals surface area contributed by atoms with E-state index in [2.05, 4.69) is 5.32 Å². The van der Waals surface area contributed by atoms with Crippen molar-refractivity contribution in [3.63, 3.8) is 0 Å². The van der Waals surface area contributed by atoms with Crippen LogP contribution in [0.5, 0.6) is 0 Å². The minimum Gasteiger partial charge on any atom is -0.456 e. The Morgan fingerprint density at radius 3 is 1.89 bits per heavy atom. The van der Waals surface area contributed by atoms with Gasteiger partial charge in [0.15, 0.2) is 12.4 Å². The molecule has 4 rings (SSSR count). The number of nitrogens with zero attached hydrogens (tertiary/aromatic N) is 3. The molecular weight excluding hydrogens is 700 g/mol. The highest BCUT2D eigenvalue weighted by Gasteiger charge is 2.42. The number of nitrogens with one attached hydrogen (secondary N) is 1. The van der Waals surface area contributed by atoms with Gasteiger partial charge < -0.3 is 24.6 Å². The number of likely N-dealkylation sites (N-methyl/N-ethyl adjacent to an activating group) is 2. The van der Waals surface area contributed by atoms with Crippen molar-refractivity contribution in [2.75, 3.05) is 27.2 Å². The fraction of sp³-hybridized carbons (Fsp3) is 0.442. The number of carbonyl (C=O) groups is 6. The molecule has 12 heteroatoms. The molecule has 0 aromatic heterocycles. The average molecular weight is 755 g/mol. The van der Waals surface area contributed by atoms with E-state index in [4.69, 9.17) is 9.47 Å². The summed E-state index contributed by atoms with van der Waals surface area (Å²) in [6, 6.07) is 22.8. The van der Waals surface area contributed by atoms with Crippen molar-refractivity contribution in [1.82, 2.24) is 20.0 Å². The van der Waals surface area contributed by atoms with Gasteiger partial charge in [0.05, 0.1) is 0 Å².